The first kappa shape index (κ1) is 48.7. The highest BCUT2D eigenvalue weighted by Crippen LogP contribution is 2.71. The fraction of sp³-hybridized carbons (Fsp3) is 1.00. The molecule has 8 rings (SSSR count). The second kappa shape index (κ2) is 18.6. The maximum Gasteiger partial charge on any atom is 0.186 e. The summed E-state index contributed by atoms with van der Waals surface area (Å²) in [5, 5.41) is 115. The number of hydrogen-bond acceptors (Lipinski definition) is 18. The highest BCUT2D eigenvalue weighted by molar-refractivity contribution is 5.15. The quantitative estimate of drug-likeness (QED) is 0.107. The third-order valence-corrected chi connectivity index (χ3v) is 17.9. The molecule has 4 saturated heterocycles. The Morgan fingerprint density at radius 1 is 0.651 bits per heavy atom. The van der Waals surface area contributed by atoms with Gasteiger partial charge >= 0.3 is 0 Å². The van der Waals surface area contributed by atoms with Gasteiger partial charge in [-0.15, -0.1) is 0 Å². The molecule has 18 nitrogen and oxygen atoms in total. The lowest BCUT2D eigenvalue weighted by Crippen LogP contribution is -2.61. The highest BCUT2D eigenvalue weighted by atomic mass is 16.7. The van der Waals surface area contributed by atoms with Crippen molar-refractivity contribution >= 4 is 0 Å². The van der Waals surface area contributed by atoms with Crippen molar-refractivity contribution in [3.63, 3.8) is 0 Å². The Kier molecular flexibility index (Phi) is 14.4. The summed E-state index contributed by atoms with van der Waals surface area (Å²) in [4.78, 5) is 0. The molecule has 0 spiro atoms. The summed E-state index contributed by atoms with van der Waals surface area (Å²) >= 11 is 0. The molecule has 18 heteroatoms. The van der Waals surface area contributed by atoms with Gasteiger partial charge in [0.25, 0.3) is 0 Å². The lowest BCUT2D eigenvalue weighted by Gasteiger charge is -2.61. The molecule has 63 heavy (non-hydrogen) atoms. The zero-order valence-electron chi connectivity index (χ0n) is 37.3. The summed E-state index contributed by atoms with van der Waals surface area (Å²) in [5.41, 5.74) is 0.120. The molecule has 0 unspecified atom stereocenters. The Labute approximate surface area is 369 Å². The van der Waals surface area contributed by atoms with E-state index in [1.54, 1.807) is 0 Å². The molecule has 11 N–H and O–H groups in total. The largest absolute Gasteiger partial charge is 0.394 e. The van der Waals surface area contributed by atoms with Crippen LogP contribution in [0.15, 0.2) is 0 Å². The van der Waals surface area contributed by atoms with E-state index in [1.807, 2.05) is 6.92 Å². The predicted octanol–water partition coefficient (Wildman–Crippen LogP) is -0.752. The number of fused-ring (bicyclic) bond motifs is 7. The summed E-state index contributed by atoms with van der Waals surface area (Å²) < 4.78 is 41.5. The predicted molar refractivity (Wildman–Crippen MR) is 218 cm³/mol. The molecule has 8 fully saturated rings. The van der Waals surface area contributed by atoms with Crippen molar-refractivity contribution in [1.29, 1.82) is 0 Å². The van der Waals surface area contributed by atoms with Gasteiger partial charge in [0.15, 0.2) is 24.7 Å². The molecule has 0 bridgehead atoms. The van der Waals surface area contributed by atoms with Crippen LogP contribution in [-0.4, -0.2) is 186 Å². The normalized spacial score (nSPS) is 56.3. The lowest BCUT2D eigenvalue weighted by molar-refractivity contribution is -0.336. The Hall–Kier alpha value is -0.720. The Morgan fingerprint density at radius 2 is 1.27 bits per heavy atom. The fourth-order valence-corrected chi connectivity index (χ4v) is 14.0. The lowest BCUT2D eigenvalue weighted by atomic mass is 9.44. The first-order valence-corrected chi connectivity index (χ1v) is 23.7. The molecule has 4 heterocycles. The summed E-state index contributed by atoms with van der Waals surface area (Å²) in [6.07, 6.45) is -11.7. The van der Waals surface area contributed by atoms with Crippen LogP contribution in [0.5, 0.6) is 0 Å². The van der Waals surface area contributed by atoms with Gasteiger partial charge in [-0.3, -0.25) is 0 Å². The smallest absolute Gasteiger partial charge is 0.186 e. The van der Waals surface area contributed by atoms with E-state index < -0.39 is 105 Å². The number of ether oxygens (including phenoxy) is 7. The van der Waals surface area contributed by atoms with E-state index in [2.05, 4.69) is 20.8 Å². The molecule has 4 saturated carbocycles. The van der Waals surface area contributed by atoms with Crippen molar-refractivity contribution in [2.75, 3.05) is 19.8 Å². The van der Waals surface area contributed by atoms with E-state index in [0.29, 0.717) is 36.5 Å². The van der Waals surface area contributed by atoms with Crippen LogP contribution in [0.4, 0.5) is 0 Å². The van der Waals surface area contributed by atoms with Crippen LogP contribution in [0.1, 0.15) is 98.8 Å². The van der Waals surface area contributed by atoms with Gasteiger partial charge in [0.1, 0.15) is 67.1 Å². The second-order valence-electron chi connectivity index (χ2n) is 21.5. The van der Waals surface area contributed by atoms with E-state index >= 15 is 0 Å². The van der Waals surface area contributed by atoms with Crippen LogP contribution in [0.3, 0.4) is 0 Å². The highest BCUT2D eigenvalue weighted by Gasteiger charge is 2.68. The zero-order chi connectivity index (χ0) is 45.5. The third kappa shape index (κ3) is 8.71. The number of aliphatic hydroxyl groups excluding tert-OH is 10. The molecule has 27 atom stereocenters. The first-order valence-electron chi connectivity index (χ1n) is 23.7. The van der Waals surface area contributed by atoms with Crippen molar-refractivity contribution in [3.8, 4) is 0 Å². The molecule has 4 aliphatic heterocycles. The van der Waals surface area contributed by atoms with Crippen LogP contribution in [0.2, 0.25) is 0 Å². The molecule has 0 aromatic rings. The van der Waals surface area contributed by atoms with E-state index in [-0.39, 0.29) is 54.0 Å². The molecular weight excluding hydrogens is 828 g/mol. The van der Waals surface area contributed by atoms with Crippen LogP contribution in [-0.2, 0) is 33.2 Å². The average Bonchev–Trinajstić information content (AvgIpc) is 3.70. The average molecular weight is 905 g/mol. The van der Waals surface area contributed by atoms with E-state index in [1.165, 1.54) is 6.92 Å². The molecule has 364 valence electrons. The van der Waals surface area contributed by atoms with Crippen molar-refractivity contribution in [2.45, 2.75) is 209 Å². The number of hydrogen-bond donors (Lipinski definition) is 11. The summed E-state index contributed by atoms with van der Waals surface area (Å²) in [6, 6.07) is 0. The van der Waals surface area contributed by atoms with Crippen LogP contribution in [0.25, 0.3) is 0 Å². The van der Waals surface area contributed by atoms with Crippen molar-refractivity contribution in [3.05, 3.63) is 0 Å². The number of aliphatic hydroxyl groups is 11. The van der Waals surface area contributed by atoms with E-state index in [9.17, 15) is 56.2 Å². The molecular formula is C45H76O18. The van der Waals surface area contributed by atoms with Gasteiger partial charge in [0.2, 0.25) is 0 Å². The monoisotopic (exact) mass is 905 g/mol. The zero-order valence-corrected chi connectivity index (χ0v) is 37.3. The Bertz CT molecular complexity index is 1540. The van der Waals surface area contributed by atoms with E-state index in [4.69, 9.17) is 33.2 Å². The molecule has 0 radical (unpaired) electrons. The number of rotatable bonds is 12. The third-order valence-electron chi connectivity index (χ3n) is 17.9. The molecule has 0 aromatic heterocycles. The van der Waals surface area contributed by atoms with Gasteiger partial charge in [0.05, 0.1) is 38.1 Å². The topological polar surface area (TPSA) is 287 Å². The standard InChI is InChI=1S/C45H76O18/c1-19(17-57-41-38(54)35(51)32(48)28(16-46)61-41)8-13-45(56)20(2)30-27(63-45)15-26-24-7-6-22-14-23(9-11-43(22,4)25(24)10-12-44(26,30)5)60-42-39(55)36(52)33(49)29(62-42)18-58-40-37(53)34(50)31(47)21(3)59-40/h19-42,46-56H,6-18H2,1-5H3/t19-,20-,21-,22+,23-,24+,25-,26+,27-,28+,29+,30-,31-,32+,33+,34+,35-,36-,37+,38+,39+,40-,41+,42+,43-,44-,45-/m0/s1. The van der Waals surface area contributed by atoms with Crippen molar-refractivity contribution in [2.24, 2.45) is 52.3 Å². The van der Waals surface area contributed by atoms with Crippen molar-refractivity contribution in [1.82, 2.24) is 0 Å². The van der Waals surface area contributed by atoms with Gasteiger partial charge in [0, 0.05) is 12.3 Å². The summed E-state index contributed by atoms with van der Waals surface area (Å²) in [7, 11) is 0. The van der Waals surface area contributed by atoms with Gasteiger partial charge in [-0.2, -0.15) is 0 Å². The van der Waals surface area contributed by atoms with Crippen LogP contribution >= 0.6 is 0 Å². The van der Waals surface area contributed by atoms with Gasteiger partial charge in [-0.05, 0) is 111 Å². The molecule has 0 amide bonds. The van der Waals surface area contributed by atoms with E-state index in [0.717, 1.165) is 51.4 Å². The minimum Gasteiger partial charge on any atom is -0.394 e. The maximum absolute atomic E-state index is 12.0. The molecule has 0 aromatic carbocycles. The first-order chi connectivity index (χ1) is 29.7. The maximum atomic E-state index is 12.0. The van der Waals surface area contributed by atoms with Gasteiger partial charge in [-0.1, -0.05) is 27.7 Å². The second-order valence-corrected chi connectivity index (χ2v) is 21.5. The van der Waals surface area contributed by atoms with Crippen LogP contribution in [0, 0.1) is 52.3 Å². The Balaban J connectivity index is 0.834. The van der Waals surface area contributed by atoms with Gasteiger partial charge < -0.3 is 89.3 Å². The minimum absolute atomic E-state index is 0.0255. The van der Waals surface area contributed by atoms with Gasteiger partial charge in [-0.25, -0.2) is 0 Å². The Morgan fingerprint density at radius 3 is 1.97 bits per heavy atom. The SMILES string of the molecule is C[C@@H](CC[C@]1(O)O[C@H]2C[C@@H]3[C@@H]4CC[C@@H]5C[C@@H](O[C@@H]6O[C@H](CO[C@H]7O[C@@H](C)[C@H](O)[C@@H](O)[C@H]7O)[C@@H](O)[C@H](O)[C@H]6O)CC[C@]5(C)[C@H]4CC[C@]3(C)[C@H]2[C@@H]1C)CO[C@@H]1O[C@H](CO)[C@@H](O)[C@H](O)[C@H]1O. The summed E-state index contributed by atoms with van der Waals surface area (Å²) in [5.74, 6) is 0.753. The fourth-order valence-electron chi connectivity index (χ4n) is 14.0. The minimum atomic E-state index is -1.58. The molecule has 8 aliphatic rings. The summed E-state index contributed by atoms with van der Waals surface area (Å²) in [6.45, 7) is 9.82. The van der Waals surface area contributed by atoms with Crippen LogP contribution < -0.4 is 0 Å². The van der Waals surface area contributed by atoms with Crippen molar-refractivity contribution < 1.29 is 89.3 Å². The molecule has 4 aliphatic carbocycles.